The monoisotopic (exact) mass is 304 g/mol. The third kappa shape index (κ3) is 3.32. The van der Waals surface area contributed by atoms with E-state index < -0.39 is 22.7 Å². The molecule has 7 heteroatoms. The molecule has 0 heterocycles. The van der Waals surface area contributed by atoms with Crippen LogP contribution in [0.25, 0.3) is 0 Å². The average molecular weight is 305 g/mol. The summed E-state index contributed by atoms with van der Waals surface area (Å²) in [6.45, 7) is 0. The number of carbonyl (C=O) groups excluding carboxylic acids is 1. The lowest BCUT2D eigenvalue weighted by Crippen LogP contribution is -2.24. The summed E-state index contributed by atoms with van der Waals surface area (Å²) in [5, 5.41) is 2.04. The van der Waals surface area contributed by atoms with Crippen LogP contribution in [0.3, 0.4) is 0 Å². The molecule has 3 nitrogen and oxygen atoms in total. The van der Waals surface area contributed by atoms with Crippen molar-refractivity contribution in [2.24, 2.45) is 11.7 Å². The van der Waals surface area contributed by atoms with Crippen molar-refractivity contribution in [3.8, 4) is 0 Å². The Labute approximate surface area is 118 Å². The topological polar surface area (TPSA) is 55.1 Å². The average Bonchev–Trinajstić information content (AvgIpc) is 2.77. The summed E-state index contributed by atoms with van der Waals surface area (Å²) in [6.07, 6.45) is -0.757. The first-order valence-corrected chi connectivity index (χ1v) is 6.26. The molecule has 1 aliphatic rings. The number of anilines is 1. The number of halogens is 4. The lowest BCUT2D eigenvalue weighted by molar-refractivity contribution is -0.137. The van der Waals surface area contributed by atoms with E-state index >= 15 is 0 Å². The lowest BCUT2D eigenvalue weighted by atomic mass is 10.1. The van der Waals surface area contributed by atoms with Crippen LogP contribution in [-0.4, -0.2) is 11.9 Å². The summed E-state index contributed by atoms with van der Waals surface area (Å²) >= 11 is 5.50. The molecular formula is C13H12ClF3N2O. The van der Waals surface area contributed by atoms with E-state index in [2.05, 4.69) is 5.32 Å². The Morgan fingerprint density at radius 1 is 1.35 bits per heavy atom. The van der Waals surface area contributed by atoms with Gasteiger partial charge in [0.25, 0.3) is 0 Å². The van der Waals surface area contributed by atoms with Gasteiger partial charge in [-0.3, -0.25) is 4.79 Å². The Bertz CT molecular complexity index is 557. The molecule has 0 saturated heterocycles. The van der Waals surface area contributed by atoms with Crippen molar-refractivity contribution in [1.82, 2.24) is 0 Å². The maximum atomic E-state index is 12.7. The van der Waals surface area contributed by atoms with E-state index in [4.69, 9.17) is 17.3 Å². The van der Waals surface area contributed by atoms with E-state index in [1.54, 1.807) is 12.2 Å². The number of nitrogens with one attached hydrogen (secondary N) is 1. The number of alkyl halides is 3. The van der Waals surface area contributed by atoms with Gasteiger partial charge in [0.1, 0.15) is 0 Å². The van der Waals surface area contributed by atoms with Crippen molar-refractivity contribution >= 4 is 23.2 Å². The minimum absolute atomic E-state index is 0.0561. The van der Waals surface area contributed by atoms with Crippen molar-refractivity contribution in [1.29, 1.82) is 0 Å². The van der Waals surface area contributed by atoms with Crippen LogP contribution in [0.4, 0.5) is 18.9 Å². The van der Waals surface area contributed by atoms with E-state index in [9.17, 15) is 18.0 Å². The van der Waals surface area contributed by atoms with Crippen LogP contribution in [-0.2, 0) is 11.0 Å². The molecule has 1 amide bonds. The molecule has 108 valence electrons. The smallest absolute Gasteiger partial charge is 0.326 e. The number of hydrogen-bond acceptors (Lipinski definition) is 2. The normalized spacial score (nSPS) is 22.1. The first-order chi connectivity index (χ1) is 9.27. The molecule has 2 unspecified atom stereocenters. The highest BCUT2D eigenvalue weighted by atomic mass is 35.5. The van der Waals surface area contributed by atoms with Gasteiger partial charge in [0, 0.05) is 11.7 Å². The number of benzene rings is 1. The molecule has 0 radical (unpaired) electrons. The zero-order chi connectivity index (χ0) is 14.9. The number of rotatable bonds is 2. The zero-order valence-electron chi connectivity index (χ0n) is 10.2. The Kier molecular flexibility index (Phi) is 4.06. The Morgan fingerprint density at radius 3 is 2.60 bits per heavy atom. The second-order valence-corrected chi connectivity index (χ2v) is 4.98. The highest BCUT2D eigenvalue weighted by Crippen LogP contribution is 2.36. The summed E-state index contributed by atoms with van der Waals surface area (Å²) in [6, 6.07) is 3.06. The summed E-state index contributed by atoms with van der Waals surface area (Å²) in [4.78, 5) is 11.9. The SMILES string of the molecule is NC1C=CC(C(=O)Nc2ccc(Cl)c(C(F)(F)F)c2)C1. The molecule has 3 N–H and O–H groups in total. The van der Waals surface area contributed by atoms with Crippen LogP contribution in [0.1, 0.15) is 12.0 Å². The van der Waals surface area contributed by atoms with E-state index in [-0.39, 0.29) is 17.6 Å². The Balaban J connectivity index is 2.14. The minimum Gasteiger partial charge on any atom is -0.326 e. The van der Waals surface area contributed by atoms with Crippen LogP contribution in [0.15, 0.2) is 30.4 Å². The molecule has 1 aliphatic carbocycles. The number of carbonyl (C=O) groups is 1. The van der Waals surface area contributed by atoms with Crippen molar-refractivity contribution in [2.75, 3.05) is 5.32 Å². The predicted octanol–water partition coefficient (Wildman–Crippen LogP) is 3.20. The lowest BCUT2D eigenvalue weighted by Gasteiger charge is -2.13. The largest absolute Gasteiger partial charge is 0.417 e. The molecule has 0 aliphatic heterocycles. The van der Waals surface area contributed by atoms with Gasteiger partial charge in [0.05, 0.1) is 16.5 Å². The molecule has 0 fully saturated rings. The standard InChI is InChI=1S/C13H12ClF3N2O/c14-11-4-3-9(6-10(11)13(15,16)17)19-12(20)7-1-2-8(18)5-7/h1-4,6-8H,5,18H2,(H,19,20). The fraction of sp³-hybridized carbons (Fsp3) is 0.308. The molecule has 0 spiro atoms. The maximum absolute atomic E-state index is 12.7. The number of hydrogen-bond donors (Lipinski definition) is 2. The minimum atomic E-state index is -4.56. The second-order valence-electron chi connectivity index (χ2n) is 4.57. The summed E-state index contributed by atoms with van der Waals surface area (Å²) in [7, 11) is 0. The molecular weight excluding hydrogens is 293 g/mol. The molecule has 0 aromatic heterocycles. The molecule has 0 bridgehead atoms. The third-order valence-electron chi connectivity index (χ3n) is 2.99. The molecule has 0 saturated carbocycles. The van der Waals surface area contributed by atoms with Crippen molar-refractivity contribution in [3.63, 3.8) is 0 Å². The first kappa shape index (κ1) is 14.9. The van der Waals surface area contributed by atoms with Gasteiger partial charge in [0.2, 0.25) is 5.91 Å². The summed E-state index contributed by atoms with van der Waals surface area (Å²) in [5.41, 5.74) is 4.70. The molecule has 1 aromatic rings. The first-order valence-electron chi connectivity index (χ1n) is 5.89. The van der Waals surface area contributed by atoms with Crippen LogP contribution in [0.5, 0.6) is 0 Å². The van der Waals surface area contributed by atoms with Gasteiger partial charge in [-0.05, 0) is 24.6 Å². The quantitative estimate of drug-likeness (QED) is 0.824. The number of amides is 1. The van der Waals surface area contributed by atoms with Gasteiger partial charge in [-0.2, -0.15) is 13.2 Å². The second kappa shape index (κ2) is 5.46. The molecule has 2 rings (SSSR count). The van der Waals surface area contributed by atoms with E-state index in [0.29, 0.717) is 6.42 Å². The van der Waals surface area contributed by atoms with Crippen molar-refractivity contribution < 1.29 is 18.0 Å². The third-order valence-corrected chi connectivity index (χ3v) is 3.32. The van der Waals surface area contributed by atoms with Crippen LogP contribution >= 0.6 is 11.6 Å². The van der Waals surface area contributed by atoms with E-state index in [1.807, 2.05) is 0 Å². The zero-order valence-corrected chi connectivity index (χ0v) is 11.0. The van der Waals surface area contributed by atoms with Gasteiger partial charge >= 0.3 is 6.18 Å². The molecule has 2 atom stereocenters. The highest BCUT2D eigenvalue weighted by molar-refractivity contribution is 6.31. The summed E-state index contributed by atoms with van der Waals surface area (Å²) < 4.78 is 38.1. The number of nitrogens with two attached hydrogens (primary N) is 1. The molecule has 1 aromatic carbocycles. The fourth-order valence-electron chi connectivity index (χ4n) is 1.98. The van der Waals surface area contributed by atoms with Gasteiger partial charge < -0.3 is 11.1 Å². The predicted molar refractivity (Wildman–Crippen MR) is 70.3 cm³/mol. The van der Waals surface area contributed by atoms with Crippen LogP contribution in [0, 0.1) is 5.92 Å². The summed E-state index contributed by atoms with van der Waals surface area (Å²) in [5.74, 6) is -0.806. The van der Waals surface area contributed by atoms with E-state index in [1.165, 1.54) is 6.07 Å². The van der Waals surface area contributed by atoms with E-state index in [0.717, 1.165) is 12.1 Å². The van der Waals surface area contributed by atoms with Crippen molar-refractivity contribution in [2.45, 2.75) is 18.6 Å². The highest BCUT2D eigenvalue weighted by Gasteiger charge is 2.33. The van der Waals surface area contributed by atoms with Crippen LogP contribution in [0.2, 0.25) is 5.02 Å². The maximum Gasteiger partial charge on any atom is 0.417 e. The van der Waals surface area contributed by atoms with Gasteiger partial charge in [0.15, 0.2) is 0 Å². The Morgan fingerprint density at radius 2 is 2.05 bits per heavy atom. The van der Waals surface area contributed by atoms with Crippen LogP contribution < -0.4 is 11.1 Å². The van der Waals surface area contributed by atoms with Gasteiger partial charge in [-0.15, -0.1) is 0 Å². The van der Waals surface area contributed by atoms with Gasteiger partial charge in [-0.1, -0.05) is 23.8 Å². The fourth-order valence-corrected chi connectivity index (χ4v) is 2.20. The Hall–Kier alpha value is -1.53. The molecule has 20 heavy (non-hydrogen) atoms. The van der Waals surface area contributed by atoms with Gasteiger partial charge in [-0.25, -0.2) is 0 Å². The van der Waals surface area contributed by atoms with Crippen molar-refractivity contribution in [3.05, 3.63) is 40.9 Å².